The molecule has 23 heavy (non-hydrogen) atoms. The zero-order valence-corrected chi connectivity index (χ0v) is 13.3. The molecule has 0 unspecified atom stereocenters. The fraction of sp³-hybridized carbons (Fsp3) is 0. The quantitative estimate of drug-likeness (QED) is 0.705. The van der Waals surface area contributed by atoms with Gasteiger partial charge in [-0.2, -0.15) is 0 Å². The Balaban J connectivity index is 1.60. The van der Waals surface area contributed by atoms with E-state index < -0.39 is 6.09 Å². The van der Waals surface area contributed by atoms with Gasteiger partial charge in [0.15, 0.2) is 5.13 Å². The third-order valence-corrected chi connectivity index (χ3v) is 3.69. The van der Waals surface area contributed by atoms with Crippen molar-refractivity contribution in [1.29, 1.82) is 0 Å². The van der Waals surface area contributed by atoms with Crippen LogP contribution in [0.1, 0.15) is 0 Å². The van der Waals surface area contributed by atoms with Gasteiger partial charge in [-0.05, 0) is 30.3 Å². The molecule has 0 aliphatic heterocycles. The number of nitrogens with zero attached hydrogens (tertiary/aromatic N) is 1. The Kier molecular flexibility index (Phi) is 4.75. The molecule has 0 atom stereocenters. The number of carbonyl (C=O) groups is 1. The number of anilines is 1. The highest BCUT2D eigenvalue weighted by Crippen LogP contribution is 2.31. The lowest BCUT2D eigenvalue weighted by molar-refractivity contribution is 0.215. The van der Waals surface area contributed by atoms with E-state index in [0.29, 0.717) is 26.7 Å². The number of hydrogen-bond donors (Lipinski definition) is 1. The molecule has 1 amide bonds. The Morgan fingerprint density at radius 3 is 2.65 bits per heavy atom. The van der Waals surface area contributed by atoms with Gasteiger partial charge in [0, 0.05) is 5.02 Å². The number of benzene rings is 2. The van der Waals surface area contributed by atoms with Crippen LogP contribution < -0.4 is 14.8 Å². The molecule has 3 rings (SSSR count). The molecule has 3 aromatic rings. The lowest BCUT2D eigenvalue weighted by atomic mass is 10.3. The van der Waals surface area contributed by atoms with Crippen LogP contribution in [0.2, 0.25) is 5.02 Å². The van der Waals surface area contributed by atoms with Crippen molar-refractivity contribution in [1.82, 2.24) is 4.98 Å². The van der Waals surface area contributed by atoms with Crippen LogP contribution in [-0.2, 0) is 0 Å². The van der Waals surface area contributed by atoms with E-state index in [-0.39, 0.29) is 0 Å². The maximum Gasteiger partial charge on any atom is 0.418 e. The second-order valence-electron chi connectivity index (χ2n) is 4.37. The molecule has 0 aliphatic carbocycles. The van der Waals surface area contributed by atoms with Crippen molar-refractivity contribution in [2.24, 2.45) is 0 Å². The third-order valence-electron chi connectivity index (χ3n) is 2.66. The molecule has 5 nitrogen and oxygen atoms in total. The number of amides is 1. The molecular weight excluding hydrogens is 336 g/mol. The molecule has 116 valence electrons. The smallest absolute Gasteiger partial charge is 0.418 e. The molecule has 0 saturated heterocycles. The van der Waals surface area contributed by atoms with Crippen molar-refractivity contribution in [2.75, 3.05) is 5.32 Å². The molecule has 7 heteroatoms. The van der Waals surface area contributed by atoms with Gasteiger partial charge in [0.1, 0.15) is 11.5 Å². The van der Waals surface area contributed by atoms with Crippen molar-refractivity contribution < 1.29 is 14.3 Å². The number of carbonyl (C=O) groups excluding carboxylic acids is 1. The normalized spacial score (nSPS) is 10.1. The van der Waals surface area contributed by atoms with Gasteiger partial charge < -0.3 is 9.47 Å². The molecule has 0 radical (unpaired) electrons. The van der Waals surface area contributed by atoms with E-state index in [9.17, 15) is 4.79 Å². The Hall–Kier alpha value is -2.57. The van der Waals surface area contributed by atoms with Gasteiger partial charge >= 0.3 is 6.09 Å². The van der Waals surface area contributed by atoms with Crippen LogP contribution in [0.4, 0.5) is 9.93 Å². The van der Waals surface area contributed by atoms with Crippen LogP contribution in [0.3, 0.4) is 0 Å². The van der Waals surface area contributed by atoms with Crippen LogP contribution in [0.25, 0.3) is 0 Å². The summed E-state index contributed by atoms with van der Waals surface area (Å²) >= 11 is 7.08. The molecule has 2 aromatic carbocycles. The average Bonchev–Trinajstić information content (AvgIpc) is 2.95. The Bertz CT molecular complexity index is 808. The lowest BCUT2D eigenvalue weighted by Gasteiger charge is -2.03. The maximum absolute atomic E-state index is 11.8. The molecule has 0 spiro atoms. The van der Waals surface area contributed by atoms with Gasteiger partial charge in [-0.15, -0.1) is 0 Å². The van der Waals surface area contributed by atoms with E-state index >= 15 is 0 Å². The first-order chi connectivity index (χ1) is 11.2. The summed E-state index contributed by atoms with van der Waals surface area (Å²) in [6.45, 7) is 0. The van der Waals surface area contributed by atoms with Crippen LogP contribution >= 0.6 is 22.9 Å². The number of rotatable bonds is 4. The van der Waals surface area contributed by atoms with Gasteiger partial charge in [0.2, 0.25) is 5.06 Å². The third kappa shape index (κ3) is 4.45. The van der Waals surface area contributed by atoms with Crippen LogP contribution in [0.15, 0.2) is 60.8 Å². The predicted molar refractivity (Wildman–Crippen MR) is 89.7 cm³/mol. The van der Waals surface area contributed by atoms with Crippen molar-refractivity contribution in [2.45, 2.75) is 0 Å². The van der Waals surface area contributed by atoms with E-state index in [0.717, 1.165) is 0 Å². The van der Waals surface area contributed by atoms with Crippen LogP contribution in [-0.4, -0.2) is 11.1 Å². The fourth-order valence-corrected chi connectivity index (χ4v) is 2.57. The Morgan fingerprint density at radius 1 is 1.09 bits per heavy atom. The number of thiazole rings is 1. The number of nitrogens with one attached hydrogen (secondary N) is 1. The first-order valence-corrected chi connectivity index (χ1v) is 7.81. The Labute approximate surface area is 141 Å². The average molecular weight is 347 g/mol. The molecule has 0 bridgehead atoms. The van der Waals surface area contributed by atoms with Crippen molar-refractivity contribution in [3.63, 3.8) is 0 Å². The van der Waals surface area contributed by atoms with Gasteiger partial charge in [-0.1, -0.05) is 47.2 Å². The summed E-state index contributed by atoms with van der Waals surface area (Å²) in [4.78, 5) is 15.8. The number of para-hydroxylation sites is 1. The highest BCUT2D eigenvalue weighted by atomic mass is 35.5. The number of hydrogen-bond acceptors (Lipinski definition) is 5. The largest absolute Gasteiger partial charge is 0.445 e. The summed E-state index contributed by atoms with van der Waals surface area (Å²) in [6.07, 6.45) is 0.906. The van der Waals surface area contributed by atoms with Crippen LogP contribution in [0, 0.1) is 0 Å². The summed E-state index contributed by atoms with van der Waals surface area (Å²) < 4.78 is 10.7. The second-order valence-corrected chi connectivity index (χ2v) is 5.80. The van der Waals surface area contributed by atoms with E-state index in [2.05, 4.69) is 10.3 Å². The second kappa shape index (κ2) is 7.13. The molecular formula is C16H11ClN2O3S. The van der Waals surface area contributed by atoms with Gasteiger partial charge in [0.05, 0.1) is 6.20 Å². The summed E-state index contributed by atoms with van der Waals surface area (Å²) in [5.74, 6) is 1.05. The highest BCUT2D eigenvalue weighted by Gasteiger charge is 2.10. The summed E-state index contributed by atoms with van der Waals surface area (Å²) in [5, 5.41) is 4.04. The van der Waals surface area contributed by atoms with Crippen LogP contribution in [0.5, 0.6) is 16.6 Å². The molecule has 0 fully saturated rings. The zero-order chi connectivity index (χ0) is 16.1. The van der Waals surface area contributed by atoms with Crippen molar-refractivity contribution in [3.05, 3.63) is 65.8 Å². The van der Waals surface area contributed by atoms with E-state index in [1.807, 2.05) is 6.07 Å². The molecule has 0 saturated carbocycles. The summed E-state index contributed by atoms with van der Waals surface area (Å²) in [5.41, 5.74) is 0. The lowest BCUT2D eigenvalue weighted by Crippen LogP contribution is -2.16. The highest BCUT2D eigenvalue weighted by molar-refractivity contribution is 7.17. The van der Waals surface area contributed by atoms with Gasteiger partial charge in [0.25, 0.3) is 0 Å². The molecule has 1 aromatic heterocycles. The number of halogens is 1. The van der Waals surface area contributed by atoms with Gasteiger partial charge in [-0.25, -0.2) is 9.78 Å². The van der Waals surface area contributed by atoms with E-state index in [1.54, 1.807) is 48.5 Å². The first kappa shape index (κ1) is 15.3. The standard InChI is InChI=1S/C16H11ClN2O3S/c17-11-5-4-8-13(9-11)21-14-10-18-15(23-14)19-16(20)22-12-6-2-1-3-7-12/h1-10H,(H,18,19,20). The molecule has 1 heterocycles. The fourth-order valence-electron chi connectivity index (χ4n) is 1.72. The number of aromatic nitrogens is 1. The SMILES string of the molecule is O=C(Nc1ncc(Oc2cccc(Cl)c2)s1)Oc1ccccc1. The number of ether oxygens (including phenoxy) is 2. The van der Waals surface area contributed by atoms with E-state index in [4.69, 9.17) is 21.1 Å². The van der Waals surface area contributed by atoms with Gasteiger partial charge in [-0.3, -0.25) is 5.32 Å². The first-order valence-electron chi connectivity index (χ1n) is 6.62. The topological polar surface area (TPSA) is 60.5 Å². The molecule has 1 N–H and O–H groups in total. The Morgan fingerprint density at radius 2 is 1.87 bits per heavy atom. The summed E-state index contributed by atoms with van der Waals surface area (Å²) in [6, 6.07) is 15.8. The van der Waals surface area contributed by atoms with E-state index in [1.165, 1.54) is 17.5 Å². The summed E-state index contributed by atoms with van der Waals surface area (Å²) in [7, 11) is 0. The monoisotopic (exact) mass is 346 g/mol. The minimum atomic E-state index is -0.611. The maximum atomic E-state index is 11.8. The van der Waals surface area contributed by atoms with Crippen molar-refractivity contribution in [3.8, 4) is 16.6 Å². The minimum absolute atomic E-state index is 0.378. The minimum Gasteiger partial charge on any atom is -0.445 e. The predicted octanol–water partition coefficient (Wildman–Crippen LogP) is 5.20. The zero-order valence-electron chi connectivity index (χ0n) is 11.7. The van der Waals surface area contributed by atoms with Crippen molar-refractivity contribution >= 4 is 34.2 Å². The molecule has 0 aliphatic rings.